The summed E-state index contributed by atoms with van der Waals surface area (Å²) in [4.78, 5) is 39.0. The number of hydrogen-bond acceptors (Lipinski definition) is 4. The van der Waals surface area contributed by atoms with E-state index in [4.69, 9.17) is 0 Å². The number of Topliss-reactive ketones (excluding diaryl/α,β-unsaturated/α-hetero) is 1. The summed E-state index contributed by atoms with van der Waals surface area (Å²) in [6.07, 6.45) is 0.433. The van der Waals surface area contributed by atoms with Gasteiger partial charge in [0.2, 0.25) is 11.8 Å². The van der Waals surface area contributed by atoms with Gasteiger partial charge in [0.1, 0.15) is 5.78 Å². The first kappa shape index (κ1) is 14.5. The van der Waals surface area contributed by atoms with Crippen LogP contribution in [0.3, 0.4) is 0 Å². The number of anilines is 1. The van der Waals surface area contributed by atoms with Crippen molar-refractivity contribution in [1.82, 2.24) is 0 Å². The van der Waals surface area contributed by atoms with Crippen molar-refractivity contribution in [2.24, 2.45) is 17.8 Å². The summed E-state index contributed by atoms with van der Waals surface area (Å²) in [7, 11) is 0. The molecule has 3 aliphatic heterocycles. The van der Waals surface area contributed by atoms with E-state index in [-0.39, 0.29) is 34.7 Å². The number of ketones is 1. The van der Waals surface area contributed by atoms with Crippen molar-refractivity contribution < 1.29 is 14.4 Å². The van der Waals surface area contributed by atoms with Gasteiger partial charge in [0.05, 0.1) is 17.5 Å². The maximum absolute atomic E-state index is 12.8. The van der Waals surface area contributed by atoms with Crippen LogP contribution in [-0.2, 0) is 14.4 Å². The number of thioether (sulfide) groups is 1. The van der Waals surface area contributed by atoms with Crippen LogP contribution in [0.2, 0.25) is 0 Å². The van der Waals surface area contributed by atoms with Crippen LogP contribution in [0.25, 0.3) is 0 Å². The number of hydrogen-bond donors (Lipinski definition) is 0. The van der Waals surface area contributed by atoms with Gasteiger partial charge in [-0.2, -0.15) is 11.8 Å². The number of halogens is 1. The molecular weight excluding hydrogens is 366 g/mol. The van der Waals surface area contributed by atoms with Gasteiger partial charge in [0, 0.05) is 27.8 Å². The quantitative estimate of drug-likeness (QED) is 0.703. The predicted molar refractivity (Wildman–Crippen MR) is 87.7 cm³/mol. The van der Waals surface area contributed by atoms with E-state index in [1.54, 1.807) is 17.8 Å². The molecule has 2 unspecified atom stereocenters. The van der Waals surface area contributed by atoms with Gasteiger partial charge >= 0.3 is 0 Å². The molecule has 2 bridgehead atoms. The van der Waals surface area contributed by atoms with Gasteiger partial charge in [-0.15, -0.1) is 0 Å². The summed E-state index contributed by atoms with van der Waals surface area (Å²) >= 11 is 5.10. The monoisotopic (exact) mass is 379 g/mol. The summed E-state index contributed by atoms with van der Waals surface area (Å²) in [5.41, 5.74) is 1.59. The zero-order valence-corrected chi connectivity index (χ0v) is 14.3. The first-order valence-corrected chi connectivity index (χ1v) is 9.11. The molecule has 0 spiro atoms. The standard InChI is InChI=1S/C16H14BrNO3S/c1-7-4-8(2-3-10(7)17)18-15(20)13-9-6-22-12(5-11(9)19)14(13)16(18)21/h2-4,9,12-14H,5-6H2,1H3/t9?,12?,13-,14+/m0/s1. The van der Waals surface area contributed by atoms with E-state index in [0.717, 1.165) is 10.0 Å². The Balaban J connectivity index is 1.77. The van der Waals surface area contributed by atoms with Gasteiger partial charge < -0.3 is 0 Å². The van der Waals surface area contributed by atoms with Crippen LogP contribution in [-0.4, -0.2) is 28.6 Å². The summed E-state index contributed by atoms with van der Waals surface area (Å²) < 4.78 is 0.943. The minimum Gasteiger partial charge on any atom is -0.299 e. The van der Waals surface area contributed by atoms with Crippen molar-refractivity contribution in [2.45, 2.75) is 18.6 Å². The smallest absolute Gasteiger partial charge is 0.238 e. The van der Waals surface area contributed by atoms with Gasteiger partial charge in [0.15, 0.2) is 0 Å². The van der Waals surface area contributed by atoms with Crippen molar-refractivity contribution in [2.75, 3.05) is 10.7 Å². The Labute approximate surface area is 140 Å². The van der Waals surface area contributed by atoms with Crippen molar-refractivity contribution >= 4 is 51.0 Å². The number of rotatable bonds is 1. The topological polar surface area (TPSA) is 54.5 Å². The fourth-order valence-electron chi connectivity index (χ4n) is 3.81. The number of fused-ring (bicyclic) bond motifs is 2. The average molecular weight is 380 g/mol. The first-order valence-electron chi connectivity index (χ1n) is 7.27. The van der Waals surface area contributed by atoms with E-state index < -0.39 is 5.92 Å². The van der Waals surface area contributed by atoms with E-state index in [1.807, 2.05) is 19.1 Å². The third-order valence-electron chi connectivity index (χ3n) is 4.94. The fraction of sp³-hybridized carbons (Fsp3) is 0.438. The number of benzene rings is 1. The summed E-state index contributed by atoms with van der Waals surface area (Å²) in [6.45, 7) is 1.93. The second-order valence-electron chi connectivity index (χ2n) is 6.15. The maximum Gasteiger partial charge on any atom is 0.238 e. The molecule has 4 aliphatic rings. The lowest BCUT2D eigenvalue weighted by Gasteiger charge is -2.40. The van der Waals surface area contributed by atoms with E-state index in [2.05, 4.69) is 15.9 Å². The number of carbonyl (C=O) groups excluding carboxylic acids is 3. The largest absolute Gasteiger partial charge is 0.299 e. The first-order chi connectivity index (χ1) is 10.5. The molecular formula is C16H14BrNO3S. The zero-order chi connectivity index (χ0) is 15.6. The van der Waals surface area contributed by atoms with Crippen molar-refractivity contribution in [3.8, 4) is 0 Å². The number of carbonyl (C=O) groups is 3. The summed E-state index contributed by atoms with van der Waals surface area (Å²) in [6, 6.07) is 5.47. The predicted octanol–water partition coefficient (Wildman–Crippen LogP) is 2.57. The Morgan fingerprint density at radius 2 is 1.91 bits per heavy atom. The van der Waals surface area contributed by atoms with Crippen molar-refractivity contribution in [3.05, 3.63) is 28.2 Å². The Kier molecular flexibility index (Phi) is 3.24. The van der Waals surface area contributed by atoms with Gasteiger partial charge in [0.25, 0.3) is 0 Å². The number of nitrogens with zero attached hydrogens (tertiary/aromatic N) is 1. The summed E-state index contributed by atoms with van der Waals surface area (Å²) in [5, 5.41) is -0.0273. The molecule has 4 fully saturated rings. The molecule has 1 saturated carbocycles. The highest BCUT2D eigenvalue weighted by atomic mass is 79.9. The maximum atomic E-state index is 12.8. The van der Waals surface area contributed by atoms with Crippen LogP contribution in [0.15, 0.2) is 22.7 Å². The average Bonchev–Trinajstić information content (AvgIpc) is 2.76. The minimum absolute atomic E-state index is 0.0273. The molecule has 1 aliphatic carbocycles. The Hall–Kier alpha value is -1.14. The second-order valence-corrected chi connectivity index (χ2v) is 8.27. The molecule has 4 nitrogen and oxygen atoms in total. The Morgan fingerprint density at radius 3 is 2.59 bits per heavy atom. The molecule has 5 rings (SSSR count). The second kappa shape index (κ2) is 4.93. The third-order valence-corrected chi connectivity index (χ3v) is 7.27. The molecule has 6 heteroatoms. The minimum atomic E-state index is -0.441. The molecule has 3 saturated heterocycles. The van der Waals surface area contributed by atoms with Gasteiger partial charge in [-0.3, -0.25) is 14.4 Å². The van der Waals surface area contributed by atoms with Crippen LogP contribution in [0, 0.1) is 24.7 Å². The van der Waals surface area contributed by atoms with Crippen LogP contribution in [0.4, 0.5) is 5.69 Å². The lowest BCUT2D eigenvalue weighted by atomic mass is 9.72. The molecule has 0 aromatic heterocycles. The molecule has 22 heavy (non-hydrogen) atoms. The third kappa shape index (κ3) is 1.86. The number of imide groups is 1. The molecule has 114 valence electrons. The SMILES string of the molecule is Cc1cc(N2C(=O)[C@@H]3C4CC(=O)C(CS4)[C@@H]3C2=O)ccc1Br. The number of amides is 2. The van der Waals surface area contributed by atoms with Crippen molar-refractivity contribution in [1.29, 1.82) is 0 Å². The van der Waals surface area contributed by atoms with Crippen LogP contribution in [0.5, 0.6) is 0 Å². The molecule has 0 N–H and O–H groups in total. The highest BCUT2D eigenvalue weighted by molar-refractivity contribution is 9.10. The van der Waals surface area contributed by atoms with Gasteiger partial charge in [-0.25, -0.2) is 4.90 Å². The fourth-order valence-corrected chi connectivity index (χ4v) is 5.68. The van der Waals surface area contributed by atoms with E-state index in [0.29, 0.717) is 17.9 Å². The lowest BCUT2D eigenvalue weighted by molar-refractivity contribution is -0.134. The molecule has 0 radical (unpaired) electrons. The van der Waals surface area contributed by atoms with Gasteiger partial charge in [-0.05, 0) is 30.7 Å². The highest BCUT2D eigenvalue weighted by Gasteiger charge is 2.61. The summed E-state index contributed by atoms with van der Waals surface area (Å²) in [5.74, 6) is -0.539. The highest BCUT2D eigenvalue weighted by Crippen LogP contribution is 2.51. The van der Waals surface area contributed by atoms with Crippen LogP contribution >= 0.6 is 27.7 Å². The van der Waals surface area contributed by atoms with Crippen LogP contribution < -0.4 is 4.90 Å². The molecule has 1 aromatic rings. The van der Waals surface area contributed by atoms with E-state index in [1.165, 1.54) is 4.90 Å². The lowest BCUT2D eigenvalue weighted by Crippen LogP contribution is -2.49. The van der Waals surface area contributed by atoms with E-state index >= 15 is 0 Å². The normalized spacial score (nSPS) is 33.5. The zero-order valence-electron chi connectivity index (χ0n) is 11.9. The Morgan fingerprint density at radius 1 is 1.18 bits per heavy atom. The Bertz CT molecular complexity index is 719. The van der Waals surface area contributed by atoms with Gasteiger partial charge in [-0.1, -0.05) is 15.9 Å². The van der Waals surface area contributed by atoms with E-state index in [9.17, 15) is 14.4 Å². The molecule has 2 amide bonds. The van der Waals surface area contributed by atoms with Crippen LogP contribution in [0.1, 0.15) is 12.0 Å². The van der Waals surface area contributed by atoms with Crippen molar-refractivity contribution in [3.63, 3.8) is 0 Å². The molecule has 4 atom stereocenters. The number of aryl methyl sites for hydroxylation is 1. The molecule has 1 aromatic carbocycles. The molecule has 3 heterocycles.